The van der Waals surface area contributed by atoms with E-state index in [-0.39, 0.29) is 18.9 Å². The van der Waals surface area contributed by atoms with Gasteiger partial charge in [-0.25, -0.2) is 0 Å². The fourth-order valence-corrected chi connectivity index (χ4v) is 3.78. The van der Waals surface area contributed by atoms with Gasteiger partial charge in [-0.05, 0) is 48.6 Å². The Bertz CT molecular complexity index is 1170. The van der Waals surface area contributed by atoms with Gasteiger partial charge in [0.1, 0.15) is 0 Å². The summed E-state index contributed by atoms with van der Waals surface area (Å²) in [5.74, 6) is -1.65. The number of carbonyl (C=O) groups is 3. The Kier molecular flexibility index (Phi) is 5.71. The quantitative estimate of drug-likeness (QED) is 0.638. The third-order valence-corrected chi connectivity index (χ3v) is 5.67. The second kappa shape index (κ2) is 8.60. The summed E-state index contributed by atoms with van der Waals surface area (Å²) < 4.78 is 5.22. The van der Waals surface area contributed by atoms with Crippen molar-refractivity contribution in [2.24, 2.45) is 5.92 Å². The van der Waals surface area contributed by atoms with Crippen molar-refractivity contribution in [1.82, 2.24) is 0 Å². The molecule has 0 spiro atoms. The third kappa shape index (κ3) is 4.43. The molecule has 3 aromatic carbocycles. The molecule has 0 bridgehead atoms. The molecule has 3 aromatic rings. The van der Waals surface area contributed by atoms with Crippen LogP contribution in [0.3, 0.4) is 0 Å². The van der Waals surface area contributed by atoms with Crippen molar-refractivity contribution in [1.29, 1.82) is 0 Å². The van der Waals surface area contributed by atoms with Crippen molar-refractivity contribution in [2.75, 3.05) is 23.4 Å². The van der Waals surface area contributed by atoms with Gasteiger partial charge < -0.3 is 15.0 Å². The van der Waals surface area contributed by atoms with E-state index in [1.54, 1.807) is 11.0 Å². The summed E-state index contributed by atoms with van der Waals surface area (Å²) in [6, 6.07) is 19.1. The van der Waals surface area contributed by atoms with Crippen molar-refractivity contribution in [3.63, 3.8) is 0 Å². The van der Waals surface area contributed by atoms with Gasteiger partial charge in [0.05, 0.1) is 5.92 Å². The Morgan fingerprint density at radius 3 is 2.61 bits per heavy atom. The zero-order valence-electron chi connectivity index (χ0n) is 17.6. The second-order valence-electron chi connectivity index (χ2n) is 7.86. The number of aryl methyl sites for hydroxylation is 2. The lowest BCUT2D eigenvalue weighted by Crippen LogP contribution is -2.28. The van der Waals surface area contributed by atoms with E-state index in [9.17, 15) is 14.4 Å². The van der Waals surface area contributed by atoms with Crippen molar-refractivity contribution in [3.05, 3.63) is 71.8 Å². The molecule has 1 saturated heterocycles. The average Bonchev–Trinajstić information content (AvgIpc) is 3.16. The first-order chi connectivity index (χ1) is 14.9. The zero-order chi connectivity index (χ0) is 22.0. The molecule has 0 radical (unpaired) electrons. The largest absolute Gasteiger partial charge is 0.455 e. The van der Waals surface area contributed by atoms with Gasteiger partial charge in [-0.1, -0.05) is 42.5 Å². The molecule has 1 fully saturated rings. The van der Waals surface area contributed by atoms with Gasteiger partial charge in [0.25, 0.3) is 5.91 Å². The van der Waals surface area contributed by atoms with Crippen LogP contribution in [0.25, 0.3) is 10.8 Å². The van der Waals surface area contributed by atoms with Crippen molar-refractivity contribution < 1.29 is 19.1 Å². The first-order valence-corrected chi connectivity index (χ1v) is 10.2. The molecule has 4 rings (SSSR count). The highest BCUT2D eigenvalue weighted by atomic mass is 16.5. The minimum atomic E-state index is -0.584. The minimum Gasteiger partial charge on any atom is -0.455 e. The van der Waals surface area contributed by atoms with Crippen LogP contribution in [0.5, 0.6) is 0 Å². The van der Waals surface area contributed by atoms with E-state index in [1.165, 1.54) is 0 Å². The highest BCUT2D eigenvalue weighted by Crippen LogP contribution is 2.27. The van der Waals surface area contributed by atoms with Crippen molar-refractivity contribution >= 4 is 39.9 Å². The molecule has 6 nitrogen and oxygen atoms in total. The average molecular weight is 416 g/mol. The monoisotopic (exact) mass is 416 g/mol. The van der Waals surface area contributed by atoms with Crippen LogP contribution in [-0.4, -0.2) is 30.9 Å². The van der Waals surface area contributed by atoms with Gasteiger partial charge in [0.15, 0.2) is 6.61 Å². The summed E-state index contributed by atoms with van der Waals surface area (Å²) in [4.78, 5) is 38.8. The van der Waals surface area contributed by atoms with E-state index in [4.69, 9.17) is 4.74 Å². The normalized spacial score (nSPS) is 15.9. The maximum atomic E-state index is 12.5. The maximum absolute atomic E-state index is 12.5. The number of nitrogens with one attached hydrogen (secondary N) is 1. The summed E-state index contributed by atoms with van der Waals surface area (Å²) in [5, 5.41) is 4.71. The molecule has 0 aromatic heterocycles. The lowest BCUT2D eigenvalue weighted by atomic mass is 10.1. The van der Waals surface area contributed by atoms with Crippen LogP contribution in [0.1, 0.15) is 17.5 Å². The van der Waals surface area contributed by atoms with Crippen LogP contribution in [0.2, 0.25) is 0 Å². The number of benzene rings is 3. The SMILES string of the molecule is Cc1ccc(N2C[C@@H](C(=O)OCC(=O)Nc3cccc4ccccc34)CC2=O)cc1C. The highest BCUT2D eigenvalue weighted by Gasteiger charge is 2.36. The Morgan fingerprint density at radius 1 is 1.03 bits per heavy atom. The zero-order valence-corrected chi connectivity index (χ0v) is 17.6. The van der Waals surface area contributed by atoms with Crippen molar-refractivity contribution in [3.8, 4) is 0 Å². The van der Waals surface area contributed by atoms with Gasteiger partial charge >= 0.3 is 5.97 Å². The standard InChI is InChI=1S/C25H24N2O4/c1-16-10-11-20(12-17(16)2)27-14-19(13-24(27)29)25(30)31-15-23(28)26-22-9-5-7-18-6-3-4-8-21(18)22/h3-12,19H,13-15H2,1-2H3,(H,26,28)/t19-/m0/s1. The van der Waals surface area contributed by atoms with E-state index < -0.39 is 24.4 Å². The predicted octanol–water partition coefficient (Wildman–Crippen LogP) is 3.99. The lowest BCUT2D eigenvalue weighted by molar-refractivity contribution is -0.151. The van der Waals surface area contributed by atoms with Crippen LogP contribution in [0.4, 0.5) is 11.4 Å². The fourth-order valence-electron chi connectivity index (χ4n) is 3.78. The third-order valence-electron chi connectivity index (χ3n) is 5.67. The number of ether oxygens (including phenoxy) is 1. The summed E-state index contributed by atoms with van der Waals surface area (Å²) in [5.41, 5.74) is 3.67. The molecule has 1 heterocycles. The molecule has 1 N–H and O–H groups in total. The van der Waals surface area contributed by atoms with E-state index in [2.05, 4.69) is 5.32 Å². The van der Waals surface area contributed by atoms with Crippen molar-refractivity contribution in [2.45, 2.75) is 20.3 Å². The Morgan fingerprint density at radius 2 is 1.81 bits per heavy atom. The smallest absolute Gasteiger partial charge is 0.311 e. The summed E-state index contributed by atoms with van der Waals surface area (Å²) >= 11 is 0. The molecule has 158 valence electrons. The first-order valence-electron chi connectivity index (χ1n) is 10.2. The number of anilines is 2. The van der Waals surface area contributed by atoms with E-state index in [1.807, 2.05) is 68.4 Å². The summed E-state index contributed by atoms with van der Waals surface area (Å²) in [6.45, 7) is 3.86. The molecule has 0 saturated carbocycles. The number of hydrogen-bond acceptors (Lipinski definition) is 4. The first kappa shape index (κ1) is 20.6. The van der Waals surface area contributed by atoms with Gasteiger partial charge in [0, 0.05) is 29.7 Å². The number of esters is 1. The van der Waals surface area contributed by atoms with Gasteiger partial charge in [-0.15, -0.1) is 0 Å². The number of amides is 2. The van der Waals surface area contributed by atoms with E-state index >= 15 is 0 Å². The number of carbonyl (C=O) groups excluding carboxylic acids is 3. The van der Waals surface area contributed by atoms with E-state index in [0.29, 0.717) is 5.69 Å². The predicted molar refractivity (Wildman–Crippen MR) is 120 cm³/mol. The minimum absolute atomic E-state index is 0.0801. The van der Waals surface area contributed by atoms with Gasteiger partial charge in [-0.3, -0.25) is 14.4 Å². The van der Waals surface area contributed by atoms with Crippen LogP contribution < -0.4 is 10.2 Å². The molecule has 0 aliphatic carbocycles. The Hall–Kier alpha value is -3.67. The summed E-state index contributed by atoms with van der Waals surface area (Å²) in [7, 11) is 0. The summed E-state index contributed by atoms with van der Waals surface area (Å²) in [6.07, 6.45) is 0.0801. The number of fused-ring (bicyclic) bond motifs is 1. The molecule has 1 aliphatic heterocycles. The van der Waals surface area contributed by atoms with Crippen LogP contribution in [0, 0.1) is 19.8 Å². The number of hydrogen-bond donors (Lipinski definition) is 1. The molecule has 1 aliphatic rings. The molecular formula is C25H24N2O4. The van der Waals surface area contributed by atoms with Gasteiger partial charge in [0.2, 0.25) is 5.91 Å². The number of rotatable bonds is 5. The van der Waals surface area contributed by atoms with Crippen LogP contribution in [0.15, 0.2) is 60.7 Å². The van der Waals surface area contributed by atoms with Gasteiger partial charge in [-0.2, -0.15) is 0 Å². The Balaban J connectivity index is 1.35. The Labute approximate surface area is 180 Å². The van der Waals surface area contributed by atoms with E-state index in [0.717, 1.165) is 27.6 Å². The highest BCUT2D eigenvalue weighted by molar-refractivity contribution is 6.03. The maximum Gasteiger partial charge on any atom is 0.311 e. The molecular weight excluding hydrogens is 392 g/mol. The number of nitrogens with zero attached hydrogens (tertiary/aromatic N) is 1. The molecule has 1 atom stereocenters. The molecule has 31 heavy (non-hydrogen) atoms. The topological polar surface area (TPSA) is 75.7 Å². The molecule has 6 heteroatoms. The second-order valence-corrected chi connectivity index (χ2v) is 7.86. The van der Waals surface area contributed by atoms with Crippen LogP contribution in [-0.2, 0) is 19.1 Å². The molecule has 2 amide bonds. The fraction of sp³-hybridized carbons (Fsp3) is 0.240. The molecule has 0 unspecified atom stereocenters. The van der Waals surface area contributed by atoms with Crippen LogP contribution >= 0.6 is 0 Å². The lowest BCUT2D eigenvalue weighted by Gasteiger charge is -2.18.